The Morgan fingerprint density at radius 2 is 1.84 bits per heavy atom. The minimum atomic E-state index is -0.273. The van der Waals surface area contributed by atoms with E-state index < -0.39 is 0 Å². The van der Waals surface area contributed by atoms with E-state index in [0.717, 1.165) is 49.4 Å². The van der Waals surface area contributed by atoms with Gasteiger partial charge >= 0.3 is 0 Å². The molecule has 3 aromatic rings. The number of fused-ring (bicyclic) bond motifs is 1. The summed E-state index contributed by atoms with van der Waals surface area (Å²) in [6.07, 6.45) is 3.49. The van der Waals surface area contributed by atoms with Gasteiger partial charge in [-0.15, -0.1) is 10.2 Å². The zero-order valence-corrected chi connectivity index (χ0v) is 18.2. The molecule has 1 atom stereocenters. The van der Waals surface area contributed by atoms with Crippen molar-refractivity contribution in [2.45, 2.75) is 51.2 Å². The molecule has 7 heteroatoms. The van der Waals surface area contributed by atoms with E-state index in [4.69, 9.17) is 4.74 Å². The van der Waals surface area contributed by atoms with Gasteiger partial charge in [-0.2, -0.15) is 0 Å². The number of nitrogens with zero attached hydrogens (tertiary/aromatic N) is 4. The average molecular weight is 435 g/mol. The summed E-state index contributed by atoms with van der Waals surface area (Å²) in [4.78, 5) is 15.1. The van der Waals surface area contributed by atoms with Gasteiger partial charge in [0.25, 0.3) is 5.91 Å². The van der Waals surface area contributed by atoms with E-state index in [0.29, 0.717) is 24.8 Å². The van der Waals surface area contributed by atoms with Crippen molar-refractivity contribution in [1.82, 2.24) is 19.7 Å². The monoisotopic (exact) mass is 434 g/mol. The quantitative estimate of drug-likeness (QED) is 0.619. The van der Waals surface area contributed by atoms with Crippen LogP contribution in [0.2, 0.25) is 0 Å². The molecule has 32 heavy (non-hydrogen) atoms. The molecule has 1 saturated heterocycles. The highest BCUT2D eigenvalue weighted by Gasteiger charge is 2.27. The molecule has 2 aliphatic heterocycles. The molecule has 1 fully saturated rings. The van der Waals surface area contributed by atoms with Gasteiger partial charge in [0.05, 0.1) is 0 Å². The Bertz CT molecular complexity index is 1100. The lowest BCUT2D eigenvalue weighted by molar-refractivity contribution is 0.0595. The number of hydrogen-bond acceptors (Lipinski definition) is 4. The Balaban J connectivity index is 1.21. The van der Waals surface area contributed by atoms with Crippen molar-refractivity contribution >= 4 is 5.91 Å². The van der Waals surface area contributed by atoms with Crippen molar-refractivity contribution in [3.8, 4) is 5.75 Å². The third-order valence-electron chi connectivity index (χ3n) is 6.58. The Kier molecular flexibility index (Phi) is 5.64. The summed E-state index contributed by atoms with van der Waals surface area (Å²) in [5.41, 5.74) is 1.94. The van der Waals surface area contributed by atoms with Gasteiger partial charge in [0, 0.05) is 50.4 Å². The van der Waals surface area contributed by atoms with Gasteiger partial charge in [-0.1, -0.05) is 12.1 Å². The highest BCUT2D eigenvalue weighted by atomic mass is 19.1. The van der Waals surface area contributed by atoms with E-state index in [1.54, 1.807) is 12.1 Å². The molecule has 166 valence electrons. The fraction of sp³-hybridized carbons (Fsp3) is 0.400. The number of aryl methyl sites for hydroxylation is 2. The van der Waals surface area contributed by atoms with Gasteiger partial charge in [-0.25, -0.2) is 4.39 Å². The number of likely N-dealkylation sites (tertiary alicyclic amines) is 1. The summed E-state index contributed by atoms with van der Waals surface area (Å²) in [5, 5.41) is 8.45. The first-order valence-electron chi connectivity index (χ1n) is 11.3. The number of amides is 1. The third kappa shape index (κ3) is 4.24. The van der Waals surface area contributed by atoms with Gasteiger partial charge < -0.3 is 14.2 Å². The third-order valence-corrected chi connectivity index (χ3v) is 6.58. The minimum absolute atomic E-state index is 0.0410. The Hall–Kier alpha value is -3.22. The predicted octanol–water partition coefficient (Wildman–Crippen LogP) is 4.14. The van der Waals surface area contributed by atoms with Crippen molar-refractivity contribution in [1.29, 1.82) is 0 Å². The number of carbonyl (C=O) groups excluding carboxylic acids is 1. The van der Waals surface area contributed by atoms with Crippen LogP contribution >= 0.6 is 0 Å². The van der Waals surface area contributed by atoms with Gasteiger partial charge in [0.15, 0.2) is 0 Å². The topological polar surface area (TPSA) is 60.2 Å². The summed E-state index contributed by atoms with van der Waals surface area (Å²) in [7, 11) is 0. The summed E-state index contributed by atoms with van der Waals surface area (Å²) >= 11 is 0. The fourth-order valence-electron chi connectivity index (χ4n) is 4.72. The van der Waals surface area contributed by atoms with Crippen LogP contribution in [0.25, 0.3) is 0 Å². The van der Waals surface area contributed by atoms with Crippen LogP contribution in [0.1, 0.15) is 52.8 Å². The summed E-state index contributed by atoms with van der Waals surface area (Å²) < 4.78 is 21.2. The molecule has 2 aromatic carbocycles. The Morgan fingerprint density at radius 1 is 1.06 bits per heavy atom. The number of aromatic nitrogens is 3. The van der Waals surface area contributed by atoms with Gasteiger partial charge in [-0.3, -0.25) is 4.79 Å². The zero-order chi connectivity index (χ0) is 22.1. The van der Waals surface area contributed by atoms with Crippen LogP contribution in [0, 0.1) is 12.7 Å². The largest absolute Gasteiger partial charge is 0.490 e. The SMILES string of the molecule is Cc1nnc2n1CC(c1cccc(C(=O)N3CCC(Oc4ccc(F)cc4)CC3)c1)CC2. The van der Waals surface area contributed by atoms with E-state index >= 15 is 0 Å². The van der Waals surface area contributed by atoms with Crippen LogP contribution in [0.5, 0.6) is 5.75 Å². The molecule has 1 amide bonds. The number of benzene rings is 2. The number of rotatable bonds is 4. The van der Waals surface area contributed by atoms with Gasteiger partial charge in [0.1, 0.15) is 29.3 Å². The smallest absolute Gasteiger partial charge is 0.253 e. The molecule has 6 nitrogen and oxygen atoms in total. The number of hydrogen-bond donors (Lipinski definition) is 0. The standard InChI is InChI=1S/C25H27FN4O2/c1-17-27-28-24-10-5-20(16-30(17)24)18-3-2-4-19(15-18)25(31)29-13-11-23(12-14-29)32-22-8-6-21(26)7-9-22/h2-4,6-9,15,20,23H,5,10-14,16H2,1H3. The van der Waals surface area contributed by atoms with Crippen LogP contribution in [0.4, 0.5) is 4.39 Å². The maximum atomic E-state index is 13.2. The highest BCUT2D eigenvalue weighted by Crippen LogP contribution is 2.30. The molecule has 0 spiro atoms. The molecule has 0 aliphatic carbocycles. The lowest BCUT2D eigenvalue weighted by atomic mass is 9.90. The Labute approximate surface area is 187 Å². The van der Waals surface area contributed by atoms with E-state index in [9.17, 15) is 9.18 Å². The van der Waals surface area contributed by atoms with Crippen molar-refractivity contribution in [3.63, 3.8) is 0 Å². The summed E-state index contributed by atoms with van der Waals surface area (Å²) in [6.45, 7) is 4.16. The molecule has 0 N–H and O–H groups in total. The zero-order valence-electron chi connectivity index (χ0n) is 18.2. The average Bonchev–Trinajstić information content (AvgIpc) is 3.21. The number of halogens is 1. The van der Waals surface area contributed by atoms with Gasteiger partial charge in [-0.05, 0) is 55.3 Å². The molecule has 3 heterocycles. The predicted molar refractivity (Wildman–Crippen MR) is 118 cm³/mol. The molecule has 0 saturated carbocycles. The van der Waals surface area contributed by atoms with Crippen LogP contribution in [-0.2, 0) is 13.0 Å². The highest BCUT2D eigenvalue weighted by molar-refractivity contribution is 5.94. The molecule has 0 radical (unpaired) electrons. The molecule has 1 unspecified atom stereocenters. The first-order chi connectivity index (χ1) is 15.6. The number of ether oxygens (including phenoxy) is 1. The normalized spacial score (nSPS) is 18.9. The summed E-state index contributed by atoms with van der Waals surface area (Å²) in [5.74, 6) is 2.83. The van der Waals surface area contributed by atoms with E-state index in [1.807, 2.05) is 24.0 Å². The minimum Gasteiger partial charge on any atom is -0.490 e. The number of carbonyl (C=O) groups is 1. The lowest BCUT2D eigenvalue weighted by Crippen LogP contribution is -2.41. The maximum Gasteiger partial charge on any atom is 0.253 e. The summed E-state index contributed by atoms with van der Waals surface area (Å²) in [6, 6.07) is 14.2. The van der Waals surface area contributed by atoms with Gasteiger partial charge in [0.2, 0.25) is 0 Å². The first-order valence-corrected chi connectivity index (χ1v) is 11.3. The second kappa shape index (κ2) is 8.73. The van der Waals surface area contributed by atoms with Crippen LogP contribution in [0.15, 0.2) is 48.5 Å². The molecule has 5 rings (SSSR count). The van der Waals surface area contributed by atoms with Crippen molar-refractivity contribution in [2.24, 2.45) is 0 Å². The van der Waals surface area contributed by atoms with Crippen LogP contribution < -0.4 is 4.74 Å². The van der Waals surface area contributed by atoms with Crippen LogP contribution in [-0.4, -0.2) is 44.8 Å². The lowest BCUT2D eigenvalue weighted by Gasteiger charge is -2.32. The Morgan fingerprint density at radius 3 is 2.62 bits per heavy atom. The molecular formula is C25H27FN4O2. The first kappa shape index (κ1) is 20.7. The fourth-order valence-corrected chi connectivity index (χ4v) is 4.72. The molecular weight excluding hydrogens is 407 g/mol. The molecule has 1 aromatic heterocycles. The van der Waals surface area contributed by atoms with E-state index in [1.165, 1.54) is 17.7 Å². The molecule has 2 aliphatic rings. The van der Waals surface area contributed by atoms with Crippen molar-refractivity contribution < 1.29 is 13.9 Å². The van der Waals surface area contributed by atoms with Crippen molar-refractivity contribution in [3.05, 3.63) is 77.1 Å². The van der Waals surface area contributed by atoms with Crippen molar-refractivity contribution in [2.75, 3.05) is 13.1 Å². The van der Waals surface area contributed by atoms with E-state index in [-0.39, 0.29) is 17.8 Å². The second-order valence-electron chi connectivity index (χ2n) is 8.70. The van der Waals surface area contributed by atoms with E-state index in [2.05, 4.69) is 26.9 Å². The van der Waals surface area contributed by atoms with Crippen LogP contribution in [0.3, 0.4) is 0 Å². The second-order valence-corrected chi connectivity index (χ2v) is 8.70. The molecule has 0 bridgehead atoms. The number of piperidine rings is 1. The maximum absolute atomic E-state index is 13.2.